The Morgan fingerprint density at radius 2 is 1.92 bits per heavy atom. The Balaban J connectivity index is 2.54. The van der Waals surface area contributed by atoms with Crippen LogP contribution in [-0.2, 0) is 0 Å². The van der Waals surface area contributed by atoms with E-state index in [4.69, 9.17) is 0 Å². The highest BCUT2D eigenvalue weighted by Crippen LogP contribution is 2.38. The molecular weight excluding hydrogens is 318 g/mol. The quantitative estimate of drug-likeness (QED) is 0.541. The molecule has 0 radical (unpaired) electrons. The molecule has 0 unspecified atom stereocenters. The fourth-order valence-corrected chi connectivity index (χ4v) is 2.69. The number of rotatable bonds is 9. The smallest absolute Gasteiger partial charge is 0.338 e. The van der Waals surface area contributed by atoms with Gasteiger partial charge in [-0.1, -0.05) is 19.8 Å². The number of hydrogen-bond donors (Lipinski definition) is 1. The molecule has 1 aliphatic carbocycles. The molecule has 1 aromatic rings. The topological polar surface area (TPSA) is 127 Å². The van der Waals surface area contributed by atoms with Gasteiger partial charge in [-0.2, -0.15) is 0 Å². The Labute approximate surface area is 138 Å². The summed E-state index contributed by atoms with van der Waals surface area (Å²) < 4.78 is 0. The van der Waals surface area contributed by atoms with Crippen molar-refractivity contribution in [1.29, 1.82) is 0 Å². The number of aromatic carboxylic acids is 1. The Kier molecular flexibility index (Phi) is 5.32. The number of carboxylic acid groups (broad SMARTS) is 1. The molecule has 0 heterocycles. The van der Waals surface area contributed by atoms with Crippen molar-refractivity contribution < 1.29 is 19.7 Å². The molecule has 0 aromatic heterocycles. The minimum atomic E-state index is -1.41. The summed E-state index contributed by atoms with van der Waals surface area (Å²) in [5.41, 5.74) is -1.58. The molecule has 0 spiro atoms. The highest BCUT2D eigenvalue weighted by Gasteiger charge is 2.31. The maximum absolute atomic E-state index is 11.6. The summed E-state index contributed by atoms with van der Waals surface area (Å²) in [5.74, 6) is -0.834. The van der Waals surface area contributed by atoms with E-state index in [9.17, 15) is 30.1 Å². The summed E-state index contributed by atoms with van der Waals surface area (Å²) in [5, 5.41) is 31.8. The lowest BCUT2D eigenvalue weighted by atomic mass is 10.1. The molecule has 1 N–H and O–H groups in total. The predicted octanol–water partition coefficient (Wildman–Crippen LogP) is 3.22. The third kappa shape index (κ3) is 3.98. The molecule has 9 nitrogen and oxygen atoms in total. The summed E-state index contributed by atoms with van der Waals surface area (Å²) in [6.45, 7) is 2.84. The van der Waals surface area contributed by atoms with Gasteiger partial charge in [0.25, 0.3) is 11.4 Å². The summed E-state index contributed by atoms with van der Waals surface area (Å²) >= 11 is 0. The van der Waals surface area contributed by atoms with Crippen LogP contribution in [0.4, 0.5) is 17.1 Å². The Hall–Kier alpha value is -2.71. The van der Waals surface area contributed by atoms with E-state index >= 15 is 0 Å². The first-order valence-electron chi connectivity index (χ1n) is 7.80. The van der Waals surface area contributed by atoms with Crippen molar-refractivity contribution in [2.75, 3.05) is 18.0 Å². The van der Waals surface area contributed by atoms with Crippen molar-refractivity contribution in [2.45, 2.75) is 32.6 Å². The van der Waals surface area contributed by atoms with E-state index in [1.165, 1.54) is 0 Å². The van der Waals surface area contributed by atoms with Gasteiger partial charge < -0.3 is 10.0 Å². The number of carbonyl (C=O) groups is 1. The molecule has 1 aromatic carbocycles. The van der Waals surface area contributed by atoms with Crippen LogP contribution in [0.15, 0.2) is 12.1 Å². The number of non-ortho nitro benzene ring substituents is 1. The standard InChI is InChI=1S/C15H19N3O6/c1-2-6-16(7-5-10-3-4-10)14-12(15(19)20)8-11(17(21)22)9-13(14)18(23)24/h8-10H,2-7H2,1H3,(H,19,20). The van der Waals surface area contributed by atoms with Crippen molar-refractivity contribution in [1.82, 2.24) is 0 Å². The zero-order valence-corrected chi connectivity index (χ0v) is 13.3. The second-order valence-electron chi connectivity index (χ2n) is 5.90. The monoisotopic (exact) mass is 337 g/mol. The van der Waals surface area contributed by atoms with E-state index in [0.717, 1.165) is 31.4 Å². The van der Waals surface area contributed by atoms with E-state index < -0.39 is 32.8 Å². The van der Waals surface area contributed by atoms with Gasteiger partial charge in [0.2, 0.25) is 0 Å². The van der Waals surface area contributed by atoms with Crippen LogP contribution in [0.2, 0.25) is 0 Å². The SMILES string of the molecule is CCCN(CCC1CC1)c1c(C(=O)O)cc([N+](=O)[O-])cc1[N+](=O)[O-]. The molecular formula is C15H19N3O6. The molecule has 2 rings (SSSR count). The van der Waals surface area contributed by atoms with Crippen LogP contribution in [0.3, 0.4) is 0 Å². The Morgan fingerprint density at radius 1 is 1.25 bits per heavy atom. The fourth-order valence-electron chi connectivity index (χ4n) is 2.69. The number of hydrogen-bond acceptors (Lipinski definition) is 6. The predicted molar refractivity (Wildman–Crippen MR) is 86.6 cm³/mol. The normalized spacial score (nSPS) is 13.5. The second kappa shape index (κ2) is 7.24. The number of nitro groups is 2. The number of carboxylic acids is 1. The summed E-state index contributed by atoms with van der Waals surface area (Å²) in [6, 6.07) is 1.73. The average molecular weight is 337 g/mol. The average Bonchev–Trinajstić information content (AvgIpc) is 3.34. The van der Waals surface area contributed by atoms with Gasteiger partial charge in [0.1, 0.15) is 5.69 Å². The number of anilines is 1. The highest BCUT2D eigenvalue weighted by molar-refractivity contribution is 5.98. The molecule has 0 saturated heterocycles. The van der Waals surface area contributed by atoms with Gasteiger partial charge in [-0.3, -0.25) is 20.2 Å². The van der Waals surface area contributed by atoms with E-state index in [-0.39, 0.29) is 5.69 Å². The number of nitro benzene ring substituents is 2. The first kappa shape index (κ1) is 17.6. The molecule has 0 amide bonds. The van der Waals surface area contributed by atoms with Crippen LogP contribution in [0.1, 0.15) is 43.0 Å². The summed E-state index contributed by atoms with van der Waals surface area (Å²) in [7, 11) is 0. The van der Waals surface area contributed by atoms with Crippen LogP contribution < -0.4 is 4.90 Å². The van der Waals surface area contributed by atoms with Gasteiger partial charge in [-0.25, -0.2) is 4.79 Å². The Bertz CT molecular complexity index is 636. The molecule has 0 bridgehead atoms. The van der Waals surface area contributed by atoms with E-state index in [1.54, 1.807) is 4.90 Å². The van der Waals surface area contributed by atoms with Crippen molar-refractivity contribution in [2.24, 2.45) is 5.92 Å². The van der Waals surface area contributed by atoms with Gasteiger partial charge in [-0.05, 0) is 18.8 Å². The molecule has 9 heteroatoms. The first-order chi connectivity index (χ1) is 11.3. The minimum Gasteiger partial charge on any atom is -0.478 e. The molecule has 24 heavy (non-hydrogen) atoms. The molecule has 1 saturated carbocycles. The van der Waals surface area contributed by atoms with Crippen molar-refractivity contribution >= 4 is 23.0 Å². The van der Waals surface area contributed by atoms with Gasteiger partial charge in [-0.15, -0.1) is 0 Å². The third-order valence-corrected chi connectivity index (χ3v) is 4.03. The lowest BCUT2D eigenvalue weighted by Gasteiger charge is -2.25. The molecule has 130 valence electrons. The zero-order chi connectivity index (χ0) is 17.9. The number of nitrogens with zero attached hydrogens (tertiary/aromatic N) is 3. The van der Waals surface area contributed by atoms with Crippen molar-refractivity contribution in [3.8, 4) is 0 Å². The third-order valence-electron chi connectivity index (χ3n) is 4.03. The first-order valence-corrected chi connectivity index (χ1v) is 7.80. The molecule has 0 aliphatic heterocycles. The fraction of sp³-hybridized carbons (Fsp3) is 0.533. The van der Waals surface area contributed by atoms with E-state index in [0.29, 0.717) is 25.4 Å². The summed E-state index contributed by atoms with van der Waals surface area (Å²) in [6.07, 6.45) is 3.74. The zero-order valence-electron chi connectivity index (χ0n) is 13.3. The van der Waals surface area contributed by atoms with Crippen LogP contribution in [0.25, 0.3) is 0 Å². The van der Waals surface area contributed by atoms with E-state index in [2.05, 4.69) is 0 Å². The lowest BCUT2D eigenvalue weighted by molar-refractivity contribution is -0.393. The van der Waals surface area contributed by atoms with Crippen molar-refractivity contribution in [3.05, 3.63) is 37.9 Å². The van der Waals surface area contributed by atoms with Crippen LogP contribution >= 0.6 is 0 Å². The number of benzene rings is 1. The van der Waals surface area contributed by atoms with Crippen LogP contribution in [0, 0.1) is 26.1 Å². The maximum atomic E-state index is 11.6. The van der Waals surface area contributed by atoms with Crippen LogP contribution in [0.5, 0.6) is 0 Å². The lowest BCUT2D eigenvalue weighted by Crippen LogP contribution is -2.28. The second-order valence-corrected chi connectivity index (χ2v) is 5.90. The Morgan fingerprint density at radius 3 is 2.38 bits per heavy atom. The van der Waals surface area contributed by atoms with Gasteiger partial charge in [0.15, 0.2) is 0 Å². The molecule has 1 fully saturated rings. The minimum absolute atomic E-state index is 0.0411. The van der Waals surface area contributed by atoms with Gasteiger partial charge in [0.05, 0.1) is 21.5 Å². The van der Waals surface area contributed by atoms with Crippen LogP contribution in [-0.4, -0.2) is 34.0 Å². The van der Waals surface area contributed by atoms with Crippen molar-refractivity contribution in [3.63, 3.8) is 0 Å². The maximum Gasteiger partial charge on any atom is 0.338 e. The summed E-state index contributed by atoms with van der Waals surface area (Å²) in [4.78, 5) is 34.0. The van der Waals surface area contributed by atoms with E-state index in [1.807, 2.05) is 6.92 Å². The molecule has 1 aliphatic rings. The van der Waals surface area contributed by atoms with Gasteiger partial charge >= 0.3 is 5.97 Å². The highest BCUT2D eigenvalue weighted by atomic mass is 16.6. The molecule has 0 atom stereocenters. The van der Waals surface area contributed by atoms with Gasteiger partial charge in [0, 0.05) is 19.2 Å². The largest absolute Gasteiger partial charge is 0.478 e.